The van der Waals surface area contributed by atoms with Crippen molar-refractivity contribution in [3.63, 3.8) is 0 Å². The van der Waals surface area contributed by atoms with Crippen molar-refractivity contribution in [2.75, 3.05) is 13.2 Å². The van der Waals surface area contributed by atoms with Crippen LogP contribution in [0.15, 0.2) is 0 Å². The zero-order valence-electron chi connectivity index (χ0n) is 10.9. The van der Waals surface area contributed by atoms with E-state index in [0.29, 0.717) is 0 Å². The number of hydrogen-bond donors (Lipinski definition) is 5. The van der Waals surface area contributed by atoms with E-state index in [-0.39, 0.29) is 5.92 Å². The molecule has 0 amide bonds. The second kappa shape index (κ2) is 8.18. The van der Waals surface area contributed by atoms with Crippen LogP contribution in [0.4, 0.5) is 0 Å². The van der Waals surface area contributed by atoms with E-state index in [1.807, 2.05) is 0 Å². The van der Waals surface area contributed by atoms with E-state index in [0.717, 1.165) is 0 Å². The predicted octanol–water partition coefficient (Wildman–Crippen LogP) is -2.84. The first-order valence-corrected chi connectivity index (χ1v) is 5.82. The molecule has 0 aromatic carbocycles. The maximum atomic E-state index is 11.4. The Kier molecular flexibility index (Phi) is 7.72. The van der Waals surface area contributed by atoms with Crippen LogP contribution in [0.5, 0.6) is 0 Å². The van der Waals surface area contributed by atoms with E-state index in [1.54, 1.807) is 13.8 Å². The average molecular weight is 279 g/mol. The third-order valence-corrected chi connectivity index (χ3v) is 2.58. The zero-order valence-corrected chi connectivity index (χ0v) is 10.9. The summed E-state index contributed by atoms with van der Waals surface area (Å²) in [7, 11) is 0. The summed E-state index contributed by atoms with van der Waals surface area (Å²) in [5.41, 5.74) is 5.48. The fraction of sp³-hybridized carbons (Fsp3) is 0.818. The van der Waals surface area contributed by atoms with Gasteiger partial charge >= 0.3 is 5.97 Å². The van der Waals surface area contributed by atoms with Crippen molar-refractivity contribution in [2.24, 2.45) is 11.7 Å². The van der Waals surface area contributed by atoms with Crippen molar-refractivity contribution in [2.45, 2.75) is 38.2 Å². The standard InChI is InChI=1S/C11H21NO7/c1-5(2)8(12)11(18)19-4-7(15)10(17)9(16)6(14)3-13/h5-6,8-10,13-14,16-17H,3-4,12H2,1-2H3/t6-,8+,9-,10-/m1/s1. The number of nitrogens with two attached hydrogens (primary N) is 1. The summed E-state index contributed by atoms with van der Waals surface area (Å²) in [6, 6.07) is -0.891. The molecular weight excluding hydrogens is 258 g/mol. The summed E-state index contributed by atoms with van der Waals surface area (Å²) in [6.07, 6.45) is -5.47. The molecule has 8 nitrogen and oxygen atoms in total. The molecule has 0 radical (unpaired) electrons. The Labute approximate surface area is 110 Å². The minimum atomic E-state index is -1.95. The molecule has 0 rings (SSSR count). The molecule has 4 atom stereocenters. The van der Waals surface area contributed by atoms with Crippen molar-refractivity contribution in [3.8, 4) is 0 Å². The van der Waals surface area contributed by atoms with E-state index in [2.05, 4.69) is 4.74 Å². The molecule has 0 aliphatic rings. The predicted molar refractivity (Wildman–Crippen MR) is 63.9 cm³/mol. The van der Waals surface area contributed by atoms with Crippen LogP contribution in [-0.2, 0) is 14.3 Å². The first-order valence-electron chi connectivity index (χ1n) is 5.82. The second-order valence-corrected chi connectivity index (χ2v) is 4.53. The van der Waals surface area contributed by atoms with Crippen LogP contribution < -0.4 is 5.73 Å². The number of Topliss-reactive ketones (excluding diaryl/α,β-unsaturated/α-hetero) is 1. The SMILES string of the molecule is CC(C)[C@H](N)C(=O)OCC(=O)[C@@H](O)[C@H](O)[C@H](O)CO. The van der Waals surface area contributed by atoms with Gasteiger partial charge in [-0.2, -0.15) is 0 Å². The second-order valence-electron chi connectivity index (χ2n) is 4.53. The summed E-state index contributed by atoms with van der Waals surface area (Å²) in [6.45, 7) is 1.81. The Morgan fingerprint density at radius 3 is 2.16 bits per heavy atom. The fourth-order valence-electron chi connectivity index (χ4n) is 1.10. The summed E-state index contributed by atoms with van der Waals surface area (Å²) >= 11 is 0. The highest BCUT2D eigenvalue weighted by molar-refractivity contribution is 5.87. The minimum absolute atomic E-state index is 0.172. The van der Waals surface area contributed by atoms with Crippen LogP contribution in [0.2, 0.25) is 0 Å². The van der Waals surface area contributed by atoms with Gasteiger partial charge in [-0.25, -0.2) is 0 Å². The highest BCUT2D eigenvalue weighted by Gasteiger charge is 2.31. The number of esters is 1. The molecule has 112 valence electrons. The van der Waals surface area contributed by atoms with Crippen molar-refractivity contribution >= 4 is 11.8 Å². The lowest BCUT2D eigenvalue weighted by Gasteiger charge is -2.21. The average Bonchev–Trinajstić information content (AvgIpc) is 2.40. The van der Waals surface area contributed by atoms with Crippen LogP contribution in [0.1, 0.15) is 13.8 Å². The molecule has 0 fully saturated rings. The lowest BCUT2D eigenvalue weighted by atomic mass is 10.0. The van der Waals surface area contributed by atoms with Crippen LogP contribution in [0, 0.1) is 5.92 Å². The van der Waals surface area contributed by atoms with E-state index in [1.165, 1.54) is 0 Å². The van der Waals surface area contributed by atoms with Gasteiger partial charge in [0, 0.05) is 0 Å². The third-order valence-electron chi connectivity index (χ3n) is 2.58. The highest BCUT2D eigenvalue weighted by Crippen LogP contribution is 2.04. The normalized spacial score (nSPS) is 17.7. The Balaban J connectivity index is 4.28. The molecule has 0 saturated carbocycles. The Hall–Kier alpha value is -1.06. The number of aliphatic hydroxyl groups is 4. The summed E-state index contributed by atoms with van der Waals surface area (Å²) < 4.78 is 4.58. The van der Waals surface area contributed by atoms with Gasteiger partial charge in [0.1, 0.15) is 24.4 Å². The molecule has 0 aliphatic carbocycles. The van der Waals surface area contributed by atoms with Crippen LogP contribution >= 0.6 is 0 Å². The lowest BCUT2D eigenvalue weighted by molar-refractivity contribution is -0.156. The van der Waals surface area contributed by atoms with Gasteiger partial charge in [0.05, 0.1) is 6.61 Å². The molecule has 6 N–H and O–H groups in total. The summed E-state index contributed by atoms with van der Waals surface area (Å²) in [5.74, 6) is -1.97. The van der Waals surface area contributed by atoms with Gasteiger partial charge in [0.25, 0.3) is 0 Å². The number of aliphatic hydroxyl groups excluding tert-OH is 4. The van der Waals surface area contributed by atoms with Gasteiger partial charge in [-0.15, -0.1) is 0 Å². The largest absolute Gasteiger partial charge is 0.456 e. The first-order chi connectivity index (χ1) is 8.72. The van der Waals surface area contributed by atoms with Crippen LogP contribution in [-0.4, -0.2) is 69.7 Å². The maximum absolute atomic E-state index is 11.4. The Morgan fingerprint density at radius 2 is 1.74 bits per heavy atom. The Bertz CT molecular complexity index is 307. The topological polar surface area (TPSA) is 150 Å². The molecular formula is C11H21NO7. The van der Waals surface area contributed by atoms with Gasteiger partial charge in [0.15, 0.2) is 6.61 Å². The van der Waals surface area contributed by atoms with E-state index < -0.39 is 49.3 Å². The number of carbonyl (C=O) groups is 2. The number of rotatable bonds is 8. The van der Waals surface area contributed by atoms with E-state index >= 15 is 0 Å². The van der Waals surface area contributed by atoms with Crippen LogP contribution in [0.25, 0.3) is 0 Å². The summed E-state index contributed by atoms with van der Waals surface area (Å²) in [5, 5.41) is 36.2. The zero-order chi connectivity index (χ0) is 15.2. The molecule has 0 saturated heterocycles. The van der Waals surface area contributed by atoms with Crippen molar-refractivity contribution in [3.05, 3.63) is 0 Å². The number of ketones is 1. The molecule has 0 aromatic heterocycles. The maximum Gasteiger partial charge on any atom is 0.323 e. The number of carbonyl (C=O) groups excluding carboxylic acids is 2. The molecule has 0 aromatic rings. The lowest BCUT2D eigenvalue weighted by Crippen LogP contribution is -2.46. The van der Waals surface area contributed by atoms with Gasteiger partial charge < -0.3 is 30.9 Å². The molecule has 19 heavy (non-hydrogen) atoms. The third kappa shape index (κ3) is 5.62. The number of ether oxygens (including phenoxy) is 1. The molecule has 0 unspecified atom stereocenters. The first kappa shape index (κ1) is 17.9. The van der Waals surface area contributed by atoms with E-state index in [4.69, 9.17) is 15.9 Å². The van der Waals surface area contributed by atoms with Crippen LogP contribution in [0.3, 0.4) is 0 Å². The smallest absolute Gasteiger partial charge is 0.323 e. The molecule has 0 aliphatic heterocycles. The van der Waals surface area contributed by atoms with Crippen molar-refractivity contribution in [1.29, 1.82) is 0 Å². The number of hydrogen-bond acceptors (Lipinski definition) is 8. The quantitative estimate of drug-likeness (QED) is 0.298. The molecule has 0 bridgehead atoms. The van der Waals surface area contributed by atoms with Crippen molar-refractivity contribution in [1.82, 2.24) is 0 Å². The molecule has 0 spiro atoms. The highest BCUT2D eigenvalue weighted by atomic mass is 16.5. The summed E-state index contributed by atoms with van der Waals surface area (Å²) in [4.78, 5) is 22.7. The molecule has 0 heterocycles. The minimum Gasteiger partial charge on any atom is -0.456 e. The van der Waals surface area contributed by atoms with Gasteiger partial charge in [-0.3, -0.25) is 9.59 Å². The Morgan fingerprint density at radius 1 is 1.21 bits per heavy atom. The van der Waals surface area contributed by atoms with Gasteiger partial charge in [0.2, 0.25) is 5.78 Å². The van der Waals surface area contributed by atoms with E-state index in [9.17, 15) is 19.8 Å². The molecule has 8 heteroatoms. The fourth-order valence-corrected chi connectivity index (χ4v) is 1.10. The van der Waals surface area contributed by atoms with Gasteiger partial charge in [-0.05, 0) is 5.92 Å². The van der Waals surface area contributed by atoms with Crippen molar-refractivity contribution < 1.29 is 34.8 Å². The van der Waals surface area contributed by atoms with Gasteiger partial charge in [-0.1, -0.05) is 13.8 Å². The monoisotopic (exact) mass is 279 g/mol.